The molecule has 1 atom stereocenters. The topological polar surface area (TPSA) is 52.5 Å². The summed E-state index contributed by atoms with van der Waals surface area (Å²) in [6, 6.07) is 5.63. The van der Waals surface area contributed by atoms with E-state index in [1.54, 1.807) is 16.2 Å². The van der Waals surface area contributed by atoms with Crippen LogP contribution < -0.4 is 9.80 Å². The highest BCUT2D eigenvalue weighted by atomic mass is 32.1. The van der Waals surface area contributed by atoms with E-state index in [0.29, 0.717) is 6.04 Å². The Hall–Kier alpha value is -1.31. The van der Waals surface area contributed by atoms with Crippen LogP contribution >= 0.6 is 11.3 Å². The minimum absolute atomic E-state index is 0.429. The Kier molecular flexibility index (Phi) is 6.52. The zero-order valence-electron chi connectivity index (χ0n) is 16.6. The zero-order chi connectivity index (χ0) is 18.5. The molecule has 4 rings (SSSR count). The number of thiophene rings is 1. The van der Waals surface area contributed by atoms with Gasteiger partial charge in [0.15, 0.2) is 0 Å². The summed E-state index contributed by atoms with van der Waals surface area (Å²) >= 11 is 1.78. The van der Waals surface area contributed by atoms with Gasteiger partial charge in [-0.05, 0) is 47.6 Å². The number of quaternary nitrogens is 2. The Morgan fingerprint density at radius 2 is 2.00 bits per heavy atom. The lowest BCUT2D eigenvalue weighted by molar-refractivity contribution is -1.04. The van der Waals surface area contributed by atoms with Crippen molar-refractivity contribution in [3.8, 4) is 0 Å². The highest BCUT2D eigenvalue weighted by molar-refractivity contribution is 7.09. The maximum atomic E-state index is 4.48. The molecule has 2 aliphatic rings. The molecule has 1 saturated heterocycles. The van der Waals surface area contributed by atoms with Crippen molar-refractivity contribution in [2.24, 2.45) is 0 Å². The number of hydrogen-bond acceptors (Lipinski definition) is 4. The van der Waals surface area contributed by atoms with E-state index in [2.05, 4.69) is 40.0 Å². The van der Waals surface area contributed by atoms with E-state index in [0.717, 1.165) is 18.4 Å². The van der Waals surface area contributed by atoms with Crippen LogP contribution in [0, 0.1) is 0 Å². The molecule has 27 heavy (non-hydrogen) atoms. The number of rotatable bonds is 7. The predicted octanol–water partition coefficient (Wildman–Crippen LogP) is 0.740. The maximum Gasteiger partial charge on any atom is 0.209 e. The summed E-state index contributed by atoms with van der Waals surface area (Å²) in [5, 5.41) is 15.0. The van der Waals surface area contributed by atoms with Crippen molar-refractivity contribution in [2.75, 3.05) is 26.2 Å². The van der Waals surface area contributed by atoms with Crippen LogP contribution in [0.4, 0.5) is 0 Å². The van der Waals surface area contributed by atoms with E-state index < -0.39 is 0 Å². The lowest BCUT2D eigenvalue weighted by atomic mass is 9.93. The smallest absolute Gasteiger partial charge is 0.209 e. The Balaban J connectivity index is 1.42. The van der Waals surface area contributed by atoms with Crippen LogP contribution in [0.15, 0.2) is 17.5 Å². The van der Waals surface area contributed by atoms with E-state index in [4.69, 9.17) is 0 Å². The Morgan fingerprint density at radius 1 is 1.19 bits per heavy atom. The Bertz CT molecular complexity index is 670. The van der Waals surface area contributed by atoms with Gasteiger partial charge in [0.05, 0.1) is 12.6 Å². The molecule has 1 aliphatic heterocycles. The number of aromatic nitrogens is 4. The normalized spacial score (nSPS) is 25.5. The van der Waals surface area contributed by atoms with Gasteiger partial charge in [0, 0.05) is 11.3 Å². The third-order valence-corrected chi connectivity index (χ3v) is 7.41. The summed E-state index contributed by atoms with van der Waals surface area (Å²) in [6.07, 6.45) is 9.58. The van der Waals surface area contributed by atoms with Gasteiger partial charge in [0.1, 0.15) is 32.2 Å². The van der Waals surface area contributed by atoms with E-state index in [-0.39, 0.29) is 0 Å². The molecule has 0 aromatic carbocycles. The molecule has 1 aliphatic carbocycles. The van der Waals surface area contributed by atoms with Crippen molar-refractivity contribution < 1.29 is 9.80 Å². The van der Waals surface area contributed by atoms with Gasteiger partial charge in [-0.1, -0.05) is 25.8 Å². The molecule has 0 bridgehead atoms. The minimum atomic E-state index is 0.429. The lowest BCUT2D eigenvalue weighted by Gasteiger charge is -2.38. The van der Waals surface area contributed by atoms with Gasteiger partial charge in [-0.15, -0.1) is 16.4 Å². The molecule has 2 fully saturated rings. The van der Waals surface area contributed by atoms with E-state index in [1.807, 2.05) is 9.58 Å². The molecule has 0 radical (unpaired) electrons. The molecule has 0 spiro atoms. The molecule has 7 heteroatoms. The second-order valence-electron chi connectivity index (χ2n) is 8.27. The molecule has 2 aromatic rings. The third-order valence-electron chi connectivity index (χ3n) is 6.54. The molecule has 0 amide bonds. The predicted molar refractivity (Wildman–Crippen MR) is 107 cm³/mol. The largest absolute Gasteiger partial charge is 0.323 e. The second-order valence-corrected chi connectivity index (χ2v) is 9.30. The van der Waals surface area contributed by atoms with Crippen molar-refractivity contribution >= 4 is 11.3 Å². The molecule has 0 unspecified atom stereocenters. The maximum absolute atomic E-state index is 4.48. The molecule has 6 nitrogen and oxygen atoms in total. The quantitative estimate of drug-likeness (QED) is 0.733. The fourth-order valence-electron chi connectivity index (χ4n) is 5.09. The molecular weight excluding hydrogens is 356 g/mol. The van der Waals surface area contributed by atoms with Crippen molar-refractivity contribution in [1.82, 2.24) is 20.2 Å². The fraction of sp³-hybridized carbons (Fsp3) is 0.750. The first kappa shape index (κ1) is 19.0. The van der Waals surface area contributed by atoms with Crippen molar-refractivity contribution in [2.45, 2.75) is 70.5 Å². The SMILES string of the molecule is CCC[C@H](c1nnnn1Cc1cccs1)[NH+]1CC[NH+](C2CCCCC2)CC1. The van der Waals surface area contributed by atoms with Crippen LogP contribution in [-0.4, -0.2) is 52.4 Å². The summed E-state index contributed by atoms with van der Waals surface area (Å²) < 4.78 is 2.04. The first-order valence-corrected chi connectivity index (χ1v) is 11.7. The fourth-order valence-corrected chi connectivity index (χ4v) is 5.77. The lowest BCUT2D eigenvalue weighted by Crippen LogP contribution is -3.29. The molecule has 148 valence electrons. The average Bonchev–Trinajstić information content (AvgIpc) is 3.40. The number of nitrogens with one attached hydrogen (secondary N) is 2. The molecule has 2 aromatic heterocycles. The van der Waals surface area contributed by atoms with E-state index in [1.165, 1.54) is 76.0 Å². The Morgan fingerprint density at radius 3 is 2.70 bits per heavy atom. The van der Waals surface area contributed by atoms with Gasteiger partial charge in [0.2, 0.25) is 5.82 Å². The van der Waals surface area contributed by atoms with Crippen molar-refractivity contribution in [3.63, 3.8) is 0 Å². The van der Waals surface area contributed by atoms with E-state index in [9.17, 15) is 0 Å². The summed E-state index contributed by atoms with van der Waals surface area (Å²) in [4.78, 5) is 4.88. The summed E-state index contributed by atoms with van der Waals surface area (Å²) in [5.74, 6) is 1.08. The van der Waals surface area contributed by atoms with Crippen LogP contribution in [0.25, 0.3) is 0 Å². The van der Waals surface area contributed by atoms with Gasteiger partial charge in [0.25, 0.3) is 0 Å². The summed E-state index contributed by atoms with van der Waals surface area (Å²) in [7, 11) is 0. The first-order valence-electron chi connectivity index (χ1n) is 10.8. The standard InChI is InChI=1S/C20H32N6S/c1-2-7-19(20-21-22-23-26(20)16-18-10-6-15-27-18)25-13-11-24(12-14-25)17-8-4-3-5-9-17/h6,10,15,17,19H,2-5,7-9,11-14,16H2,1H3/p+2/t19-/m1/s1. The van der Waals surface area contributed by atoms with Crippen LogP contribution in [0.5, 0.6) is 0 Å². The van der Waals surface area contributed by atoms with Crippen LogP contribution in [0.2, 0.25) is 0 Å². The number of tetrazole rings is 1. The van der Waals surface area contributed by atoms with Gasteiger partial charge >= 0.3 is 0 Å². The van der Waals surface area contributed by atoms with Crippen molar-refractivity contribution in [3.05, 3.63) is 28.2 Å². The summed E-state index contributed by atoms with van der Waals surface area (Å²) in [5.41, 5.74) is 0. The number of hydrogen-bond donors (Lipinski definition) is 2. The number of piperazine rings is 1. The number of nitrogens with zero attached hydrogens (tertiary/aromatic N) is 4. The molecule has 1 saturated carbocycles. The van der Waals surface area contributed by atoms with Crippen LogP contribution in [0.3, 0.4) is 0 Å². The zero-order valence-corrected chi connectivity index (χ0v) is 17.4. The second kappa shape index (κ2) is 9.26. The van der Waals surface area contributed by atoms with Gasteiger partial charge in [-0.25, -0.2) is 4.68 Å². The average molecular weight is 391 g/mol. The minimum Gasteiger partial charge on any atom is -0.323 e. The van der Waals surface area contributed by atoms with E-state index >= 15 is 0 Å². The first-order chi connectivity index (χ1) is 13.3. The van der Waals surface area contributed by atoms with Crippen LogP contribution in [-0.2, 0) is 6.54 Å². The molecule has 2 N–H and O–H groups in total. The molecule has 3 heterocycles. The van der Waals surface area contributed by atoms with Crippen LogP contribution in [0.1, 0.15) is 68.6 Å². The highest BCUT2D eigenvalue weighted by Crippen LogP contribution is 2.17. The summed E-state index contributed by atoms with van der Waals surface area (Å²) in [6.45, 7) is 8.21. The molecular formula is C20H34N6S+2. The van der Waals surface area contributed by atoms with Gasteiger partial charge < -0.3 is 9.80 Å². The van der Waals surface area contributed by atoms with Crippen molar-refractivity contribution in [1.29, 1.82) is 0 Å². The van der Waals surface area contributed by atoms with Gasteiger partial charge in [-0.3, -0.25) is 0 Å². The monoisotopic (exact) mass is 390 g/mol. The third kappa shape index (κ3) is 4.58. The highest BCUT2D eigenvalue weighted by Gasteiger charge is 2.36. The van der Waals surface area contributed by atoms with Gasteiger partial charge in [-0.2, -0.15) is 0 Å². The Labute approximate surface area is 166 Å².